The largest absolute Gasteiger partial charge is 0.452 e. The first-order valence-electron chi connectivity index (χ1n) is 8.98. The number of carbonyl (C=O) groups is 2. The highest BCUT2D eigenvalue weighted by Gasteiger charge is 2.20. The summed E-state index contributed by atoms with van der Waals surface area (Å²) in [4.78, 5) is 24.4. The van der Waals surface area contributed by atoms with Gasteiger partial charge in [-0.25, -0.2) is 4.39 Å². The van der Waals surface area contributed by atoms with Crippen LogP contribution in [0.2, 0.25) is 5.02 Å². The third-order valence-electron chi connectivity index (χ3n) is 4.63. The number of hydrogen-bond donors (Lipinski definition) is 1. The van der Waals surface area contributed by atoms with Gasteiger partial charge >= 0.3 is 5.97 Å². The van der Waals surface area contributed by atoms with Crippen LogP contribution in [-0.2, 0) is 33.6 Å². The fourth-order valence-corrected chi connectivity index (χ4v) is 3.40. The Morgan fingerprint density at radius 3 is 2.63 bits per heavy atom. The van der Waals surface area contributed by atoms with Gasteiger partial charge in [-0.1, -0.05) is 29.8 Å². The monoisotopic (exact) mass is 389 g/mol. The molecule has 0 saturated heterocycles. The molecule has 0 spiro atoms. The van der Waals surface area contributed by atoms with Crippen LogP contribution in [0, 0.1) is 5.82 Å². The summed E-state index contributed by atoms with van der Waals surface area (Å²) in [5.41, 5.74) is 3.79. The number of benzene rings is 2. The average Bonchev–Trinajstić information content (AvgIpc) is 2.63. The van der Waals surface area contributed by atoms with E-state index < -0.39 is 23.8 Å². The number of aryl methyl sites for hydroxylation is 2. The van der Waals surface area contributed by atoms with Crippen molar-refractivity contribution in [3.63, 3.8) is 0 Å². The summed E-state index contributed by atoms with van der Waals surface area (Å²) in [5.74, 6) is -1.50. The third-order valence-corrected chi connectivity index (χ3v) is 4.94. The normalized spacial score (nSPS) is 14.2. The van der Waals surface area contributed by atoms with Crippen LogP contribution in [0.15, 0.2) is 36.4 Å². The molecular weight excluding hydrogens is 369 g/mol. The summed E-state index contributed by atoms with van der Waals surface area (Å²) in [6, 6.07) is 9.71. The van der Waals surface area contributed by atoms with E-state index in [1.54, 1.807) is 0 Å². The zero-order valence-electron chi connectivity index (χ0n) is 15.1. The van der Waals surface area contributed by atoms with Crippen molar-refractivity contribution in [2.24, 2.45) is 0 Å². The standard InChI is InChI=1S/C21H21ClFNO3/c1-13(21(26)24-19-9-8-17(23)12-18(19)22)27-20(25)11-14-6-7-15-4-2-3-5-16(15)10-14/h6-10,12-13H,2-5,11H2,1H3,(H,24,26)/t13-/m0/s1. The lowest BCUT2D eigenvalue weighted by atomic mass is 9.90. The molecule has 1 amide bonds. The summed E-state index contributed by atoms with van der Waals surface area (Å²) < 4.78 is 18.3. The Labute approximate surface area is 162 Å². The number of amides is 1. The second-order valence-corrected chi connectivity index (χ2v) is 7.14. The summed E-state index contributed by atoms with van der Waals surface area (Å²) >= 11 is 5.89. The Morgan fingerprint density at radius 1 is 1.15 bits per heavy atom. The first-order chi connectivity index (χ1) is 12.9. The molecule has 27 heavy (non-hydrogen) atoms. The van der Waals surface area contributed by atoms with Crippen molar-refractivity contribution >= 4 is 29.2 Å². The second kappa shape index (κ2) is 8.53. The van der Waals surface area contributed by atoms with E-state index in [1.807, 2.05) is 6.07 Å². The Kier molecular flexibility index (Phi) is 6.11. The molecule has 1 N–H and O–H groups in total. The maximum absolute atomic E-state index is 13.1. The molecule has 2 aromatic rings. The number of nitrogens with one attached hydrogen (secondary N) is 1. The van der Waals surface area contributed by atoms with E-state index in [4.69, 9.17) is 16.3 Å². The summed E-state index contributed by atoms with van der Waals surface area (Å²) in [6.45, 7) is 1.48. The van der Waals surface area contributed by atoms with Crippen LogP contribution < -0.4 is 5.32 Å². The molecule has 0 bridgehead atoms. The number of rotatable bonds is 5. The molecule has 2 aromatic carbocycles. The van der Waals surface area contributed by atoms with Crippen LogP contribution >= 0.6 is 11.6 Å². The van der Waals surface area contributed by atoms with E-state index in [2.05, 4.69) is 17.4 Å². The van der Waals surface area contributed by atoms with Gasteiger partial charge in [-0.05, 0) is 67.5 Å². The molecule has 1 aliphatic carbocycles. The van der Waals surface area contributed by atoms with Gasteiger partial charge in [0.2, 0.25) is 0 Å². The minimum absolute atomic E-state index is 0.0796. The summed E-state index contributed by atoms with van der Waals surface area (Å²) in [5, 5.41) is 2.61. The molecule has 1 aliphatic rings. The lowest BCUT2D eigenvalue weighted by molar-refractivity contribution is -0.152. The van der Waals surface area contributed by atoms with E-state index >= 15 is 0 Å². The van der Waals surface area contributed by atoms with Gasteiger partial charge < -0.3 is 10.1 Å². The third kappa shape index (κ3) is 5.07. The molecule has 0 unspecified atom stereocenters. The maximum atomic E-state index is 13.1. The Hall–Kier alpha value is -2.40. The highest BCUT2D eigenvalue weighted by atomic mass is 35.5. The zero-order chi connectivity index (χ0) is 19.4. The minimum atomic E-state index is -0.990. The SMILES string of the molecule is C[C@H](OC(=O)Cc1ccc2c(c1)CCCC2)C(=O)Nc1ccc(F)cc1Cl. The predicted molar refractivity (Wildman–Crippen MR) is 102 cm³/mol. The molecule has 0 saturated carbocycles. The summed E-state index contributed by atoms with van der Waals surface area (Å²) in [6.07, 6.45) is 3.63. The highest BCUT2D eigenvalue weighted by Crippen LogP contribution is 2.24. The molecule has 0 aromatic heterocycles. The van der Waals surface area contributed by atoms with Gasteiger partial charge in [-0.2, -0.15) is 0 Å². The molecule has 142 valence electrons. The Bertz CT molecular complexity index is 869. The van der Waals surface area contributed by atoms with Crippen LogP contribution in [0.5, 0.6) is 0 Å². The van der Waals surface area contributed by atoms with Crippen LogP contribution in [0.1, 0.15) is 36.5 Å². The molecule has 0 fully saturated rings. The van der Waals surface area contributed by atoms with Crippen LogP contribution in [0.3, 0.4) is 0 Å². The Morgan fingerprint density at radius 2 is 1.89 bits per heavy atom. The number of ether oxygens (including phenoxy) is 1. The number of carbonyl (C=O) groups excluding carboxylic acids is 2. The van der Waals surface area contributed by atoms with Crippen molar-refractivity contribution in [3.8, 4) is 0 Å². The zero-order valence-corrected chi connectivity index (χ0v) is 15.8. The lowest BCUT2D eigenvalue weighted by Crippen LogP contribution is -2.30. The fraction of sp³-hybridized carbons (Fsp3) is 0.333. The minimum Gasteiger partial charge on any atom is -0.452 e. The number of fused-ring (bicyclic) bond motifs is 1. The molecule has 6 heteroatoms. The van der Waals surface area contributed by atoms with Crippen LogP contribution in [0.4, 0.5) is 10.1 Å². The van der Waals surface area contributed by atoms with E-state index in [-0.39, 0.29) is 17.1 Å². The van der Waals surface area contributed by atoms with Gasteiger partial charge in [-0.3, -0.25) is 9.59 Å². The molecule has 3 rings (SSSR count). The van der Waals surface area contributed by atoms with Crippen molar-refractivity contribution in [1.82, 2.24) is 0 Å². The topological polar surface area (TPSA) is 55.4 Å². The molecule has 0 heterocycles. The van der Waals surface area contributed by atoms with Gasteiger partial charge in [0, 0.05) is 0 Å². The Balaban J connectivity index is 1.56. The number of hydrogen-bond acceptors (Lipinski definition) is 3. The summed E-state index contributed by atoms with van der Waals surface area (Å²) in [7, 11) is 0. The maximum Gasteiger partial charge on any atom is 0.311 e. The number of halogens is 2. The lowest BCUT2D eigenvalue weighted by Gasteiger charge is -2.17. The van der Waals surface area contributed by atoms with Gasteiger partial charge in [0.1, 0.15) is 5.82 Å². The van der Waals surface area contributed by atoms with Crippen molar-refractivity contribution in [1.29, 1.82) is 0 Å². The highest BCUT2D eigenvalue weighted by molar-refractivity contribution is 6.33. The quantitative estimate of drug-likeness (QED) is 0.767. The van der Waals surface area contributed by atoms with Gasteiger partial charge in [0.05, 0.1) is 17.1 Å². The van der Waals surface area contributed by atoms with Crippen molar-refractivity contribution in [3.05, 3.63) is 63.9 Å². The average molecular weight is 390 g/mol. The van der Waals surface area contributed by atoms with E-state index in [9.17, 15) is 14.0 Å². The van der Waals surface area contributed by atoms with E-state index in [0.29, 0.717) is 0 Å². The molecule has 0 aliphatic heterocycles. The second-order valence-electron chi connectivity index (χ2n) is 6.73. The van der Waals surface area contributed by atoms with E-state index in [1.165, 1.54) is 43.0 Å². The number of esters is 1. The predicted octanol–water partition coefficient (Wildman–Crippen LogP) is 4.47. The first kappa shape index (κ1) is 19.4. The first-order valence-corrected chi connectivity index (χ1v) is 9.36. The molecule has 1 atom stereocenters. The van der Waals surface area contributed by atoms with Crippen LogP contribution in [0.25, 0.3) is 0 Å². The molecule has 0 radical (unpaired) electrons. The smallest absolute Gasteiger partial charge is 0.311 e. The van der Waals surface area contributed by atoms with Gasteiger partial charge in [0.25, 0.3) is 5.91 Å². The molecular formula is C21H21ClFNO3. The fourth-order valence-electron chi connectivity index (χ4n) is 3.18. The van der Waals surface area contributed by atoms with Crippen molar-refractivity contribution in [2.75, 3.05) is 5.32 Å². The van der Waals surface area contributed by atoms with Gasteiger partial charge in [-0.15, -0.1) is 0 Å². The van der Waals surface area contributed by atoms with Crippen molar-refractivity contribution in [2.45, 2.75) is 45.1 Å². The van der Waals surface area contributed by atoms with Crippen LogP contribution in [-0.4, -0.2) is 18.0 Å². The van der Waals surface area contributed by atoms with Gasteiger partial charge in [0.15, 0.2) is 6.10 Å². The number of anilines is 1. The molecule has 4 nitrogen and oxygen atoms in total. The van der Waals surface area contributed by atoms with Crippen molar-refractivity contribution < 1.29 is 18.7 Å². The van der Waals surface area contributed by atoms with E-state index in [0.717, 1.165) is 24.5 Å².